The van der Waals surface area contributed by atoms with Crippen molar-refractivity contribution in [3.63, 3.8) is 0 Å². The van der Waals surface area contributed by atoms with Gasteiger partial charge in [0.15, 0.2) is 0 Å². The quantitative estimate of drug-likeness (QED) is 0.761. The van der Waals surface area contributed by atoms with Gasteiger partial charge in [0.25, 0.3) is 0 Å². The van der Waals surface area contributed by atoms with Crippen molar-refractivity contribution in [2.45, 2.75) is 6.54 Å². The average molecular weight is 197 g/mol. The molecule has 74 valence electrons. The van der Waals surface area contributed by atoms with Crippen molar-refractivity contribution in [3.8, 4) is 0 Å². The van der Waals surface area contributed by atoms with E-state index in [1.807, 2.05) is 24.4 Å². The molecule has 0 aliphatic carbocycles. The Labute approximate surface area is 88.3 Å². The number of hydrogen-bond acceptors (Lipinski definition) is 3. The number of pyridine rings is 1. The van der Waals surface area contributed by atoms with Crippen LogP contribution in [0.4, 0.5) is 11.4 Å². The Kier molecular flexibility index (Phi) is 1.81. The van der Waals surface area contributed by atoms with Crippen LogP contribution in [0.25, 0.3) is 0 Å². The van der Waals surface area contributed by atoms with Gasteiger partial charge in [-0.1, -0.05) is 18.2 Å². The molecule has 2 aromatic rings. The summed E-state index contributed by atoms with van der Waals surface area (Å²) in [5, 5.41) is 2.09. The molecule has 1 aromatic carbocycles. The molecular formula is C12H11N3. The zero-order valence-corrected chi connectivity index (χ0v) is 8.22. The number of anilines is 2. The van der Waals surface area contributed by atoms with Gasteiger partial charge in [-0.05, 0) is 23.8 Å². The molecule has 0 saturated heterocycles. The molecule has 1 aromatic heterocycles. The number of para-hydroxylation sites is 1. The fraction of sp³-hybridized carbons (Fsp3) is 0.0833. The summed E-state index contributed by atoms with van der Waals surface area (Å²) in [6.07, 6.45) is 3.64. The standard InChI is InChI=1S/C12H11N3/c1-2-6-12-10(4-1)9-15(14-12)11-5-3-7-13-8-11/h1-8,14H,9H2. The summed E-state index contributed by atoms with van der Waals surface area (Å²) < 4.78 is 0. The third-order valence-corrected chi connectivity index (χ3v) is 2.56. The zero-order valence-electron chi connectivity index (χ0n) is 8.22. The second kappa shape index (κ2) is 3.28. The van der Waals surface area contributed by atoms with Gasteiger partial charge in [0.2, 0.25) is 0 Å². The van der Waals surface area contributed by atoms with Crippen molar-refractivity contribution in [1.29, 1.82) is 0 Å². The van der Waals surface area contributed by atoms with Gasteiger partial charge in [-0.25, -0.2) is 0 Å². The summed E-state index contributed by atoms with van der Waals surface area (Å²) in [5.74, 6) is 0. The minimum atomic E-state index is 0.891. The SMILES string of the molecule is c1cncc(N2Cc3ccccc3N2)c1. The van der Waals surface area contributed by atoms with Crippen LogP contribution in [0.5, 0.6) is 0 Å². The summed E-state index contributed by atoms with van der Waals surface area (Å²) in [7, 11) is 0. The predicted octanol–water partition coefficient (Wildman–Crippen LogP) is 2.43. The molecule has 0 spiro atoms. The summed E-state index contributed by atoms with van der Waals surface area (Å²) in [4.78, 5) is 4.11. The van der Waals surface area contributed by atoms with Crippen LogP contribution >= 0.6 is 0 Å². The largest absolute Gasteiger partial charge is 0.298 e. The lowest BCUT2D eigenvalue weighted by Crippen LogP contribution is -2.22. The number of fused-ring (bicyclic) bond motifs is 1. The average Bonchev–Trinajstić information content (AvgIpc) is 2.74. The highest BCUT2D eigenvalue weighted by Gasteiger charge is 2.17. The maximum Gasteiger partial charge on any atom is 0.0759 e. The number of rotatable bonds is 1. The van der Waals surface area contributed by atoms with Gasteiger partial charge in [-0.2, -0.15) is 0 Å². The van der Waals surface area contributed by atoms with Gasteiger partial charge in [-0.15, -0.1) is 0 Å². The summed E-state index contributed by atoms with van der Waals surface area (Å²) in [6.45, 7) is 0.891. The number of aromatic nitrogens is 1. The maximum absolute atomic E-state index is 4.11. The van der Waals surface area contributed by atoms with Crippen molar-refractivity contribution in [1.82, 2.24) is 4.98 Å². The second-order valence-electron chi connectivity index (χ2n) is 3.57. The van der Waals surface area contributed by atoms with Crippen molar-refractivity contribution in [2.24, 2.45) is 0 Å². The van der Waals surface area contributed by atoms with Gasteiger partial charge < -0.3 is 0 Å². The zero-order chi connectivity index (χ0) is 10.1. The van der Waals surface area contributed by atoms with E-state index in [4.69, 9.17) is 0 Å². The molecule has 3 rings (SSSR count). The molecule has 1 aliphatic rings. The first-order valence-corrected chi connectivity index (χ1v) is 4.95. The van der Waals surface area contributed by atoms with Crippen LogP contribution in [-0.4, -0.2) is 4.98 Å². The van der Waals surface area contributed by atoms with Gasteiger partial charge in [0.1, 0.15) is 0 Å². The first kappa shape index (κ1) is 8.29. The molecule has 3 nitrogen and oxygen atoms in total. The van der Waals surface area contributed by atoms with Gasteiger partial charge in [-0.3, -0.25) is 15.4 Å². The van der Waals surface area contributed by atoms with E-state index in [0.717, 1.165) is 12.2 Å². The second-order valence-corrected chi connectivity index (χ2v) is 3.57. The Morgan fingerprint density at radius 3 is 2.87 bits per heavy atom. The van der Waals surface area contributed by atoms with E-state index >= 15 is 0 Å². The molecule has 0 atom stereocenters. The van der Waals surface area contributed by atoms with E-state index in [9.17, 15) is 0 Å². The lowest BCUT2D eigenvalue weighted by atomic mass is 10.2. The number of hydrogen-bond donors (Lipinski definition) is 1. The normalized spacial score (nSPS) is 13.5. The van der Waals surface area contributed by atoms with E-state index < -0.39 is 0 Å². The molecule has 3 heteroatoms. The number of nitrogens with one attached hydrogen (secondary N) is 1. The molecule has 0 bridgehead atoms. The molecule has 2 heterocycles. The first-order valence-electron chi connectivity index (χ1n) is 4.95. The van der Waals surface area contributed by atoms with E-state index in [0.29, 0.717) is 0 Å². The van der Waals surface area contributed by atoms with Crippen LogP contribution < -0.4 is 10.4 Å². The fourth-order valence-electron chi connectivity index (χ4n) is 1.79. The third kappa shape index (κ3) is 1.42. The van der Waals surface area contributed by atoms with Gasteiger partial charge in [0, 0.05) is 6.20 Å². The van der Waals surface area contributed by atoms with E-state index in [1.54, 1.807) is 6.20 Å². The molecule has 0 amide bonds. The maximum atomic E-state index is 4.11. The van der Waals surface area contributed by atoms with Crippen molar-refractivity contribution < 1.29 is 0 Å². The highest BCUT2D eigenvalue weighted by molar-refractivity contribution is 5.63. The molecule has 1 N–H and O–H groups in total. The van der Waals surface area contributed by atoms with E-state index in [1.165, 1.54) is 11.3 Å². The minimum Gasteiger partial charge on any atom is -0.298 e. The lowest BCUT2D eigenvalue weighted by molar-refractivity contribution is 0.963. The van der Waals surface area contributed by atoms with Crippen molar-refractivity contribution in [2.75, 3.05) is 10.4 Å². The molecule has 0 radical (unpaired) electrons. The van der Waals surface area contributed by atoms with Crippen LogP contribution in [0.3, 0.4) is 0 Å². The first-order chi connectivity index (χ1) is 7.43. The summed E-state index contributed by atoms with van der Waals surface area (Å²) >= 11 is 0. The Morgan fingerprint density at radius 1 is 1.13 bits per heavy atom. The molecule has 0 saturated carbocycles. The number of benzene rings is 1. The molecule has 0 unspecified atom stereocenters. The topological polar surface area (TPSA) is 28.2 Å². The summed E-state index contributed by atoms with van der Waals surface area (Å²) in [5.41, 5.74) is 6.94. The van der Waals surface area contributed by atoms with E-state index in [-0.39, 0.29) is 0 Å². The van der Waals surface area contributed by atoms with Crippen LogP contribution in [0, 0.1) is 0 Å². The third-order valence-electron chi connectivity index (χ3n) is 2.56. The Hall–Kier alpha value is -2.03. The fourth-order valence-corrected chi connectivity index (χ4v) is 1.79. The Balaban J connectivity index is 1.91. The van der Waals surface area contributed by atoms with Crippen LogP contribution in [0.1, 0.15) is 5.56 Å². The minimum absolute atomic E-state index is 0.891. The molecule has 0 fully saturated rings. The highest BCUT2D eigenvalue weighted by Crippen LogP contribution is 2.27. The highest BCUT2D eigenvalue weighted by atomic mass is 15.5. The van der Waals surface area contributed by atoms with Crippen molar-refractivity contribution in [3.05, 3.63) is 54.4 Å². The smallest absolute Gasteiger partial charge is 0.0759 e. The number of hydrazine groups is 1. The molecular weight excluding hydrogens is 186 g/mol. The van der Waals surface area contributed by atoms with E-state index in [2.05, 4.69) is 33.6 Å². The van der Waals surface area contributed by atoms with Crippen LogP contribution in [0.15, 0.2) is 48.8 Å². The predicted molar refractivity (Wildman–Crippen MR) is 60.5 cm³/mol. The lowest BCUT2D eigenvalue weighted by Gasteiger charge is -2.17. The molecule has 1 aliphatic heterocycles. The number of nitrogens with zero attached hydrogens (tertiary/aromatic N) is 2. The monoisotopic (exact) mass is 197 g/mol. The molecule has 15 heavy (non-hydrogen) atoms. The van der Waals surface area contributed by atoms with Gasteiger partial charge >= 0.3 is 0 Å². The van der Waals surface area contributed by atoms with Crippen LogP contribution in [0.2, 0.25) is 0 Å². The van der Waals surface area contributed by atoms with Gasteiger partial charge in [0.05, 0.1) is 24.1 Å². The summed E-state index contributed by atoms with van der Waals surface area (Å²) in [6, 6.07) is 12.3. The Bertz CT molecular complexity index is 442. The van der Waals surface area contributed by atoms with Crippen LogP contribution in [-0.2, 0) is 6.54 Å². The Morgan fingerprint density at radius 2 is 2.07 bits per heavy atom. The van der Waals surface area contributed by atoms with Crippen molar-refractivity contribution >= 4 is 11.4 Å².